The van der Waals surface area contributed by atoms with Crippen molar-refractivity contribution in [2.45, 2.75) is 38.9 Å². The second-order valence-corrected chi connectivity index (χ2v) is 8.56. The Morgan fingerprint density at radius 3 is 2.56 bits per heavy atom. The Labute approximate surface area is 184 Å². The second kappa shape index (κ2) is 7.46. The summed E-state index contributed by atoms with van der Waals surface area (Å²) in [6.07, 6.45) is 3.76. The number of phenolic OH excluding ortho intramolecular Hbond substituents is 3. The topological polar surface area (TPSA) is 120 Å². The van der Waals surface area contributed by atoms with E-state index in [0.717, 1.165) is 6.07 Å². The summed E-state index contributed by atoms with van der Waals surface area (Å²) in [6.45, 7) is 9.16. The summed E-state index contributed by atoms with van der Waals surface area (Å²) in [6, 6.07) is 3.83. The summed E-state index contributed by atoms with van der Waals surface area (Å²) in [5, 5.41) is 41.2. The summed E-state index contributed by atoms with van der Waals surface area (Å²) in [4.78, 5) is 13.4. The van der Waals surface area contributed by atoms with Crippen LogP contribution < -0.4 is 10.2 Å². The molecule has 7 heteroatoms. The van der Waals surface area contributed by atoms with Crippen LogP contribution in [0, 0.1) is 0 Å². The van der Waals surface area contributed by atoms with E-state index in [1.165, 1.54) is 18.4 Å². The van der Waals surface area contributed by atoms with E-state index in [-0.39, 0.29) is 45.8 Å². The first-order valence-electron chi connectivity index (χ1n) is 10.1. The molecule has 2 aromatic carbocycles. The molecular formula is C25H24O7. The van der Waals surface area contributed by atoms with Crippen LogP contribution in [0.2, 0.25) is 0 Å². The van der Waals surface area contributed by atoms with Gasteiger partial charge >= 0.3 is 0 Å². The van der Waals surface area contributed by atoms with Crippen molar-refractivity contribution in [3.8, 4) is 34.1 Å². The number of fused-ring (bicyclic) bond motifs is 2. The fourth-order valence-electron chi connectivity index (χ4n) is 3.75. The minimum absolute atomic E-state index is 0.0117. The largest absolute Gasteiger partial charge is 0.508 e. The lowest BCUT2D eigenvalue weighted by Gasteiger charge is -2.30. The van der Waals surface area contributed by atoms with E-state index in [4.69, 9.17) is 9.15 Å². The molecule has 166 valence electrons. The number of benzene rings is 2. The Bertz CT molecular complexity index is 1340. The fourth-order valence-corrected chi connectivity index (χ4v) is 3.75. The molecule has 1 aromatic heterocycles. The maximum absolute atomic E-state index is 13.4. The minimum atomic E-state index is -0.921. The van der Waals surface area contributed by atoms with Crippen LogP contribution in [0.3, 0.4) is 0 Å². The lowest BCUT2D eigenvalue weighted by molar-refractivity contribution is 0.153. The number of hydrogen-bond acceptors (Lipinski definition) is 7. The summed E-state index contributed by atoms with van der Waals surface area (Å²) < 4.78 is 11.9. The summed E-state index contributed by atoms with van der Waals surface area (Å²) in [5.41, 5.74) is 0.257. The molecule has 4 rings (SSSR count). The van der Waals surface area contributed by atoms with Crippen molar-refractivity contribution in [1.29, 1.82) is 0 Å². The van der Waals surface area contributed by atoms with Gasteiger partial charge in [0.05, 0.1) is 17.2 Å². The highest BCUT2D eigenvalue weighted by molar-refractivity contribution is 5.96. The SMILES string of the molecule is C=C(C)[C@H](O)Cc1c2c(c(O)c3c(=O)c(-c4ccc(O)cc4O)coc13)C=CC(C)(C)O2. The third-order valence-electron chi connectivity index (χ3n) is 5.53. The zero-order chi connectivity index (χ0) is 23.4. The van der Waals surface area contributed by atoms with Crippen LogP contribution in [-0.2, 0) is 6.42 Å². The number of ether oxygens (including phenoxy) is 1. The van der Waals surface area contributed by atoms with Gasteiger partial charge < -0.3 is 29.6 Å². The van der Waals surface area contributed by atoms with Gasteiger partial charge in [-0.1, -0.05) is 12.2 Å². The average Bonchev–Trinajstić information content (AvgIpc) is 2.70. The molecule has 0 radical (unpaired) electrons. The lowest BCUT2D eigenvalue weighted by atomic mass is 9.92. The third-order valence-corrected chi connectivity index (χ3v) is 5.53. The van der Waals surface area contributed by atoms with Gasteiger partial charge in [-0.05, 0) is 45.1 Å². The van der Waals surface area contributed by atoms with Crippen molar-refractivity contribution in [3.63, 3.8) is 0 Å². The highest BCUT2D eigenvalue weighted by Crippen LogP contribution is 2.45. The van der Waals surface area contributed by atoms with Crippen molar-refractivity contribution in [2.75, 3.05) is 0 Å². The van der Waals surface area contributed by atoms with Crippen molar-refractivity contribution < 1.29 is 29.6 Å². The molecule has 4 N–H and O–H groups in total. The van der Waals surface area contributed by atoms with Crippen LogP contribution in [0.25, 0.3) is 28.2 Å². The Morgan fingerprint density at radius 2 is 1.91 bits per heavy atom. The van der Waals surface area contributed by atoms with Gasteiger partial charge in [-0.15, -0.1) is 0 Å². The molecular weight excluding hydrogens is 412 g/mol. The molecule has 32 heavy (non-hydrogen) atoms. The molecule has 1 aliphatic rings. The zero-order valence-electron chi connectivity index (χ0n) is 18.0. The normalized spacial score (nSPS) is 15.2. The Morgan fingerprint density at radius 1 is 1.19 bits per heavy atom. The highest BCUT2D eigenvalue weighted by atomic mass is 16.5. The molecule has 0 bridgehead atoms. The highest BCUT2D eigenvalue weighted by Gasteiger charge is 2.31. The number of aliphatic hydroxyl groups is 1. The third kappa shape index (κ3) is 3.50. The maximum Gasteiger partial charge on any atom is 0.204 e. The van der Waals surface area contributed by atoms with Crippen molar-refractivity contribution in [1.82, 2.24) is 0 Å². The van der Waals surface area contributed by atoms with Gasteiger partial charge in [-0.25, -0.2) is 0 Å². The second-order valence-electron chi connectivity index (χ2n) is 8.56. The first kappa shape index (κ1) is 21.5. The van der Waals surface area contributed by atoms with Crippen LogP contribution in [0.1, 0.15) is 31.9 Å². The summed E-state index contributed by atoms with van der Waals surface area (Å²) >= 11 is 0. The average molecular weight is 436 g/mol. The number of phenols is 3. The van der Waals surface area contributed by atoms with Crippen LogP contribution in [-0.4, -0.2) is 32.1 Å². The van der Waals surface area contributed by atoms with Crippen molar-refractivity contribution >= 4 is 17.0 Å². The number of hydrogen-bond donors (Lipinski definition) is 4. The lowest BCUT2D eigenvalue weighted by Crippen LogP contribution is -2.29. The predicted octanol–water partition coefficient (Wildman–Crippen LogP) is 4.24. The minimum Gasteiger partial charge on any atom is -0.508 e. The van der Waals surface area contributed by atoms with Crippen LogP contribution >= 0.6 is 0 Å². The van der Waals surface area contributed by atoms with E-state index < -0.39 is 17.1 Å². The van der Waals surface area contributed by atoms with Gasteiger partial charge in [-0.2, -0.15) is 0 Å². The van der Waals surface area contributed by atoms with Gasteiger partial charge in [0.25, 0.3) is 0 Å². The first-order valence-corrected chi connectivity index (χ1v) is 10.1. The first-order chi connectivity index (χ1) is 15.0. The van der Waals surface area contributed by atoms with Gasteiger partial charge in [0, 0.05) is 23.6 Å². The molecule has 0 spiro atoms. The molecule has 0 saturated heterocycles. The fraction of sp³-hybridized carbons (Fsp3) is 0.240. The molecule has 1 aliphatic heterocycles. The van der Waals surface area contributed by atoms with E-state index >= 15 is 0 Å². The summed E-state index contributed by atoms with van der Waals surface area (Å²) in [7, 11) is 0. The molecule has 0 aliphatic carbocycles. The number of rotatable bonds is 4. The monoisotopic (exact) mass is 436 g/mol. The smallest absolute Gasteiger partial charge is 0.204 e. The van der Waals surface area contributed by atoms with E-state index in [0.29, 0.717) is 22.4 Å². The van der Waals surface area contributed by atoms with E-state index in [2.05, 4.69) is 6.58 Å². The maximum atomic E-state index is 13.4. The Hall–Kier alpha value is -3.71. The van der Waals surface area contributed by atoms with Gasteiger partial charge in [0.1, 0.15) is 45.8 Å². The number of aromatic hydroxyl groups is 3. The molecule has 7 nitrogen and oxygen atoms in total. The van der Waals surface area contributed by atoms with E-state index in [9.17, 15) is 25.2 Å². The molecule has 0 saturated carbocycles. The quantitative estimate of drug-likeness (QED) is 0.452. The van der Waals surface area contributed by atoms with E-state index in [1.54, 1.807) is 19.1 Å². The van der Waals surface area contributed by atoms with Crippen molar-refractivity contribution in [3.05, 3.63) is 64.0 Å². The standard InChI is InChI=1S/C25H24O7/c1-12(2)18(27)10-16-23-15(7-8-25(3,4)32-23)21(29)20-22(30)17(11-31-24(16)20)14-6-5-13(26)9-19(14)28/h5-9,11,18,26-29H,1,10H2,2-4H3/t18-/m1/s1. The van der Waals surface area contributed by atoms with Crippen molar-refractivity contribution in [2.24, 2.45) is 0 Å². The van der Waals surface area contributed by atoms with Crippen LogP contribution in [0.15, 0.2) is 51.9 Å². The summed E-state index contributed by atoms with van der Waals surface area (Å²) in [5.74, 6) is -0.457. The van der Waals surface area contributed by atoms with E-state index in [1.807, 2.05) is 13.8 Å². The van der Waals surface area contributed by atoms with Gasteiger partial charge in [0.2, 0.25) is 5.43 Å². The molecule has 2 heterocycles. The zero-order valence-corrected chi connectivity index (χ0v) is 18.0. The Kier molecular flexibility index (Phi) is 5.02. The number of aliphatic hydroxyl groups excluding tert-OH is 1. The Balaban J connectivity index is 2.06. The molecule has 0 fully saturated rings. The predicted molar refractivity (Wildman–Crippen MR) is 121 cm³/mol. The van der Waals surface area contributed by atoms with Gasteiger partial charge in [-0.3, -0.25) is 4.79 Å². The molecule has 0 amide bonds. The van der Waals surface area contributed by atoms with Crippen LogP contribution in [0.5, 0.6) is 23.0 Å². The molecule has 1 atom stereocenters. The van der Waals surface area contributed by atoms with Crippen LogP contribution in [0.4, 0.5) is 0 Å². The molecule has 3 aromatic rings. The van der Waals surface area contributed by atoms with Gasteiger partial charge in [0.15, 0.2) is 0 Å². The molecule has 0 unspecified atom stereocenters.